The second-order valence-corrected chi connectivity index (χ2v) is 5.30. The van der Waals surface area contributed by atoms with Crippen LogP contribution in [0.25, 0.3) is 0 Å². The normalized spacial score (nSPS) is 17.5. The fourth-order valence-electron chi connectivity index (χ4n) is 2.02. The number of hydrogen-bond donors (Lipinski definition) is 1. The molecule has 1 atom stereocenters. The van der Waals surface area contributed by atoms with Gasteiger partial charge in [-0.25, -0.2) is 0 Å². The van der Waals surface area contributed by atoms with Crippen molar-refractivity contribution in [1.29, 1.82) is 0 Å². The van der Waals surface area contributed by atoms with Crippen molar-refractivity contribution >= 4 is 0 Å². The number of benzene rings is 2. The average Bonchev–Trinajstić information content (AvgIpc) is 2.80. The molecule has 0 spiro atoms. The van der Waals surface area contributed by atoms with E-state index in [-0.39, 0.29) is 90.5 Å². The van der Waals surface area contributed by atoms with Gasteiger partial charge in [0.2, 0.25) is 0 Å². The average molecular weight is 354 g/mol. The molecule has 136 valence electrons. The Labute approximate surface area is 163 Å². The zero-order valence-corrected chi connectivity index (χ0v) is 14.6. The molecule has 0 aliphatic carbocycles. The van der Waals surface area contributed by atoms with Crippen LogP contribution in [0.15, 0.2) is 42.3 Å². The van der Waals surface area contributed by atoms with E-state index in [1.165, 1.54) is 21.1 Å². The summed E-state index contributed by atoms with van der Waals surface area (Å²) in [5.41, 5.74) is 0.174. The summed E-state index contributed by atoms with van der Waals surface area (Å²) in [6.07, 6.45) is -3.66. The van der Waals surface area contributed by atoms with Crippen LogP contribution in [-0.2, 0) is 6.42 Å². The third-order valence-electron chi connectivity index (χ3n) is 3.31. The Morgan fingerprint density at radius 2 is 1.92 bits per heavy atom. The van der Waals surface area contributed by atoms with Gasteiger partial charge in [0.25, 0.3) is 0 Å². The molecule has 1 unspecified atom stereocenters. The van der Waals surface area contributed by atoms with Crippen LogP contribution in [0.4, 0.5) is 0 Å². The highest BCUT2D eigenvalue weighted by molar-refractivity contribution is 5.42. The zero-order chi connectivity index (χ0) is 26.0. The van der Waals surface area contributed by atoms with E-state index < -0.39 is 18.5 Å². The van der Waals surface area contributed by atoms with E-state index in [0.717, 1.165) is 0 Å². The van der Waals surface area contributed by atoms with Gasteiger partial charge in [0.05, 0.1) is 29.9 Å². The molecule has 2 aromatic carbocycles. The minimum absolute atomic E-state index is 0.00924. The second-order valence-electron chi connectivity index (χ2n) is 5.30. The minimum atomic E-state index is -1.93. The van der Waals surface area contributed by atoms with Crippen LogP contribution in [0.3, 0.4) is 0 Å². The lowest BCUT2D eigenvalue weighted by atomic mass is 10.0. The van der Waals surface area contributed by atoms with Crippen molar-refractivity contribution in [3.8, 4) is 17.2 Å². The summed E-state index contributed by atoms with van der Waals surface area (Å²) >= 11 is 0. The van der Waals surface area contributed by atoms with E-state index in [4.69, 9.17) is 26.5 Å². The fraction of sp³-hybridized carbons (Fsp3) is 0.429. The number of aliphatic hydroxyl groups excluding tert-OH is 1. The Balaban J connectivity index is 2.10. The third-order valence-corrected chi connectivity index (χ3v) is 3.31. The number of methoxy groups -OCH3 is 2. The monoisotopic (exact) mass is 353 g/mol. The summed E-state index contributed by atoms with van der Waals surface area (Å²) in [5, 5.41) is 10.3. The highest BCUT2D eigenvalue weighted by Crippen LogP contribution is 2.28. The van der Waals surface area contributed by atoms with Gasteiger partial charge in [-0.05, 0) is 61.4 Å². The summed E-state index contributed by atoms with van der Waals surface area (Å²) in [4.78, 5) is 0. The molecule has 0 amide bonds. The lowest BCUT2D eigenvalue weighted by Gasteiger charge is -2.13. The SMILES string of the molecule is [2H]c1c([2H])c(C)c([2H])c(OCC(O)CCC([2H])([2H])Cc2c([2H])c([2H])c(OC)c(OC)c2[2H])c1[2H]. The largest absolute Gasteiger partial charge is 0.493 e. The molecule has 4 nitrogen and oxygen atoms in total. The molecule has 1 N–H and O–H groups in total. The van der Waals surface area contributed by atoms with Crippen LogP contribution in [0.5, 0.6) is 17.2 Å². The van der Waals surface area contributed by atoms with Gasteiger partial charge in [-0.15, -0.1) is 0 Å². The summed E-state index contributed by atoms with van der Waals surface area (Å²) < 4.78 is 88.0. The number of aliphatic hydroxyl groups is 1. The highest BCUT2D eigenvalue weighted by Gasteiger charge is 2.07. The van der Waals surface area contributed by atoms with Crippen molar-refractivity contribution in [3.05, 3.63) is 53.4 Å². The van der Waals surface area contributed by atoms with Crippen molar-refractivity contribution in [3.63, 3.8) is 0 Å². The first-order valence-corrected chi connectivity index (χ1v) is 7.85. The van der Waals surface area contributed by atoms with Gasteiger partial charge >= 0.3 is 0 Å². The van der Waals surface area contributed by atoms with E-state index >= 15 is 0 Å². The van der Waals surface area contributed by atoms with Crippen molar-refractivity contribution in [1.82, 2.24) is 0 Å². The lowest BCUT2D eigenvalue weighted by molar-refractivity contribution is 0.0976. The summed E-state index contributed by atoms with van der Waals surface area (Å²) in [6, 6.07) is -2.12. The van der Waals surface area contributed by atoms with E-state index in [2.05, 4.69) is 0 Å². The van der Waals surface area contributed by atoms with Crippen LogP contribution in [0.1, 0.15) is 42.7 Å². The van der Waals surface area contributed by atoms with Crippen molar-refractivity contribution in [2.75, 3.05) is 20.8 Å². The molecule has 2 rings (SSSR count). The first kappa shape index (κ1) is 10.1. The van der Waals surface area contributed by atoms with Crippen LogP contribution in [-0.4, -0.2) is 32.0 Å². The molecule has 0 saturated carbocycles. The van der Waals surface area contributed by atoms with Gasteiger partial charge in [0, 0.05) is 2.74 Å². The summed E-state index contributed by atoms with van der Waals surface area (Å²) in [5.74, 6) is -0.337. The lowest BCUT2D eigenvalue weighted by Crippen LogP contribution is -2.17. The van der Waals surface area contributed by atoms with Crippen molar-refractivity contribution < 1.29 is 31.7 Å². The van der Waals surface area contributed by atoms with Gasteiger partial charge < -0.3 is 19.3 Å². The number of ether oxygens (including phenoxy) is 3. The molecular weight excluding hydrogens is 316 g/mol. The van der Waals surface area contributed by atoms with Crippen LogP contribution in [0.2, 0.25) is 0 Å². The fourth-order valence-corrected chi connectivity index (χ4v) is 2.02. The topological polar surface area (TPSA) is 47.9 Å². The number of hydrogen-bond acceptors (Lipinski definition) is 4. The molecule has 0 aliphatic rings. The maximum atomic E-state index is 10.3. The molecule has 0 fully saturated rings. The first-order chi connectivity index (χ1) is 15.8. The minimum Gasteiger partial charge on any atom is -0.493 e. The predicted molar refractivity (Wildman–Crippen MR) is 99.8 cm³/mol. The Kier molecular flexibility index (Phi) is 4.01. The van der Waals surface area contributed by atoms with Gasteiger partial charge in [0.1, 0.15) is 12.4 Å². The van der Waals surface area contributed by atoms with E-state index in [9.17, 15) is 5.11 Å². The third kappa shape index (κ3) is 6.31. The Morgan fingerprint density at radius 3 is 2.68 bits per heavy atom. The van der Waals surface area contributed by atoms with Crippen molar-refractivity contribution in [2.24, 2.45) is 0 Å². The van der Waals surface area contributed by atoms with Crippen molar-refractivity contribution in [2.45, 2.75) is 38.7 Å². The number of rotatable bonds is 10. The van der Waals surface area contributed by atoms with E-state index in [1.54, 1.807) is 0 Å². The van der Waals surface area contributed by atoms with Gasteiger partial charge in [-0.2, -0.15) is 0 Å². The quantitative estimate of drug-likeness (QED) is 0.696. The molecule has 0 heterocycles. The molecule has 0 bridgehead atoms. The Hall–Kier alpha value is -2.20. The molecule has 0 aromatic heterocycles. The standard InChI is InChI=1S/C21H28O4/c1-16-7-6-10-19(13-16)25-15-18(22)9-5-4-8-17-11-12-20(23-2)21(14-17)24-3/h6-7,10-14,18,22H,4-5,8-9,15H2,1-3H3/i4D2,6D,7D,10D,11D,12D,13D,14D. The molecule has 0 radical (unpaired) electrons. The molecule has 2 aromatic rings. The molecular formula is C21H28O4. The summed E-state index contributed by atoms with van der Waals surface area (Å²) in [7, 11) is 2.58. The zero-order valence-electron chi connectivity index (χ0n) is 23.6. The van der Waals surface area contributed by atoms with Gasteiger partial charge in [-0.3, -0.25) is 0 Å². The highest BCUT2D eigenvalue weighted by atomic mass is 16.5. The smallest absolute Gasteiger partial charge is 0.160 e. The molecule has 0 saturated heterocycles. The Morgan fingerprint density at radius 1 is 1.12 bits per heavy atom. The van der Waals surface area contributed by atoms with Gasteiger partial charge in [-0.1, -0.05) is 24.5 Å². The van der Waals surface area contributed by atoms with Gasteiger partial charge in [0.15, 0.2) is 11.5 Å². The predicted octanol–water partition coefficient (Wildman–Crippen LogP) is 4.16. The second kappa shape index (κ2) is 9.94. The van der Waals surface area contributed by atoms with Crippen LogP contribution in [0, 0.1) is 6.92 Å². The van der Waals surface area contributed by atoms with E-state index in [1.807, 2.05) is 0 Å². The first-order valence-electron chi connectivity index (χ1n) is 12.4. The maximum Gasteiger partial charge on any atom is 0.160 e. The van der Waals surface area contributed by atoms with Crippen LogP contribution >= 0.6 is 0 Å². The Bertz CT molecular complexity index is 1030. The van der Waals surface area contributed by atoms with E-state index in [0.29, 0.717) is 0 Å². The molecule has 0 aliphatic heterocycles. The summed E-state index contributed by atoms with van der Waals surface area (Å²) in [6.45, 7) is 1.13. The molecule has 25 heavy (non-hydrogen) atoms. The molecule has 4 heteroatoms. The maximum absolute atomic E-state index is 10.3. The van der Waals surface area contributed by atoms with Crippen LogP contribution < -0.4 is 14.2 Å².